The van der Waals surface area contributed by atoms with E-state index < -0.39 is 36.4 Å². The highest BCUT2D eigenvalue weighted by atomic mass is 35.5. The SMILES string of the molecule is Cn1c(=O)c2c(c3cc(Nc4nc(N5C[C@H](O)C[C@@H](F)C5)ncc4Cl)ccc31)NC(C1CC1)C(F)(F)CO2. The highest BCUT2D eigenvalue weighted by molar-refractivity contribution is 6.32. The van der Waals surface area contributed by atoms with Gasteiger partial charge in [-0.25, -0.2) is 18.2 Å². The number of halogens is 4. The minimum Gasteiger partial charge on any atom is -0.480 e. The summed E-state index contributed by atoms with van der Waals surface area (Å²) in [6.07, 6.45) is 0.768. The lowest BCUT2D eigenvalue weighted by Crippen LogP contribution is -2.45. The van der Waals surface area contributed by atoms with Gasteiger partial charge in [-0.05, 0) is 37.0 Å². The lowest BCUT2D eigenvalue weighted by Gasteiger charge is -2.32. The van der Waals surface area contributed by atoms with Crippen molar-refractivity contribution in [2.24, 2.45) is 13.0 Å². The molecule has 1 aromatic carbocycles. The maximum absolute atomic E-state index is 14.9. The zero-order valence-electron chi connectivity index (χ0n) is 20.4. The van der Waals surface area contributed by atoms with Crippen LogP contribution in [0.4, 0.5) is 36.3 Å². The van der Waals surface area contributed by atoms with Crippen LogP contribution in [0.5, 0.6) is 5.75 Å². The number of piperidine rings is 1. The van der Waals surface area contributed by atoms with Crippen LogP contribution in [0.1, 0.15) is 19.3 Å². The van der Waals surface area contributed by atoms with Crippen molar-refractivity contribution in [2.75, 3.05) is 35.2 Å². The van der Waals surface area contributed by atoms with Crippen molar-refractivity contribution in [1.29, 1.82) is 0 Å². The van der Waals surface area contributed by atoms with E-state index in [9.17, 15) is 23.1 Å². The summed E-state index contributed by atoms with van der Waals surface area (Å²) >= 11 is 6.35. The van der Waals surface area contributed by atoms with E-state index in [1.54, 1.807) is 30.1 Å². The first kappa shape index (κ1) is 25.1. The maximum atomic E-state index is 14.9. The predicted molar refractivity (Wildman–Crippen MR) is 138 cm³/mol. The van der Waals surface area contributed by atoms with Gasteiger partial charge in [0.15, 0.2) is 12.4 Å². The van der Waals surface area contributed by atoms with Gasteiger partial charge in [0.25, 0.3) is 5.56 Å². The molecule has 1 saturated carbocycles. The number of alkyl halides is 3. The topological polar surface area (TPSA) is 105 Å². The van der Waals surface area contributed by atoms with Crippen molar-refractivity contribution in [3.05, 3.63) is 39.8 Å². The number of hydrogen-bond donors (Lipinski definition) is 3. The average Bonchev–Trinajstić information content (AvgIpc) is 3.71. The molecule has 13 heteroatoms. The summed E-state index contributed by atoms with van der Waals surface area (Å²) in [7, 11) is 1.56. The third-order valence-electron chi connectivity index (χ3n) is 7.26. The second-order valence-electron chi connectivity index (χ2n) is 10.2. The van der Waals surface area contributed by atoms with Gasteiger partial charge < -0.3 is 29.9 Å². The number of pyridine rings is 1. The highest BCUT2D eigenvalue weighted by Crippen LogP contribution is 2.45. The maximum Gasteiger partial charge on any atom is 0.301 e. The molecule has 1 unspecified atom stereocenters. The molecular formula is C25H26ClF3N6O3. The normalized spacial score (nSPS) is 24.8. The van der Waals surface area contributed by atoms with E-state index in [1.807, 2.05) is 0 Å². The molecule has 9 nitrogen and oxygen atoms in total. The summed E-state index contributed by atoms with van der Waals surface area (Å²) in [5.41, 5.74) is 0.770. The molecule has 1 aliphatic carbocycles. The van der Waals surface area contributed by atoms with Crippen LogP contribution in [-0.4, -0.2) is 63.6 Å². The molecule has 2 fully saturated rings. The van der Waals surface area contributed by atoms with Gasteiger partial charge >= 0.3 is 5.92 Å². The summed E-state index contributed by atoms with van der Waals surface area (Å²) in [5.74, 6) is -3.03. The Morgan fingerprint density at radius 3 is 2.82 bits per heavy atom. The van der Waals surface area contributed by atoms with Crippen molar-refractivity contribution in [3.8, 4) is 5.75 Å². The molecule has 6 rings (SSSR count). The van der Waals surface area contributed by atoms with Crippen molar-refractivity contribution < 1.29 is 23.0 Å². The molecule has 3 atom stereocenters. The van der Waals surface area contributed by atoms with E-state index in [4.69, 9.17) is 16.3 Å². The number of nitrogens with zero attached hydrogens (tertiary/aromatic N) is 4. The number of rotatable bonds is 4. The Morgan fingerprint density at radius 1 is 1.29 bits per heavy atom. The van der Waals surface area contributed by atoms with Gasteiger partial charge in [0.2, 0.25) is 11.7 Å². The molecule has 3 aromatic rings. The van der Waals surface area contributed by atoms with Gasteiger partial charge in [-0.2, -0.15) is 4.98 Å². The van der Waals surface area contributed by atoms with Crippen LogP contribution in [0.25, 0.3) is 10.9 Å². The van der Waals surface area contributed by atoms with E-state index in [1.165, 1.54) is 10.8 Å². The monoisotopic (exact) mass is 550 g/mol. The molecule has 4 heterocycles. The van der Waals surface area contributed by atoms with Gasteiger partial charge in [0, 0.05) is 31.1 Å². The number of anilines is 4. The summed E-state index contributed by atoms with van der Waals surface area (Å²) < 4.78 is 50.6. The second kappa shape index (κ2) is 9.19. The Labute approximate surface area is 220 Å². The molecule has 3 aliphatic rings. The highest BCUT2D eigenvalue weighted by Gasteiger charge is 2.51. The third-order valence-corrected chi connectivity index (χ3v) is 7.54. The number of fused-ring (bicyclic) bond motifs is 3. The van der Waals surface area contributed by atoms with Gasteiger partial charge in [-0.15, -0.1) is 0 Å². The number of aliphatic hydroxyl groups excluding tert-OH is 1. The molecule has 3 N–H and O–H groups in total. The summed E-state index contributed by atoms with van der Waals surface area (Å²) in [6.45, 7) is -0.639. The molecule has 202 valence electrons. The number of ether oxygens (including phenoxy) is 1. The Balaban J connectivity index is 1.38. The zero-order chi connectivity index (χ0) is 26.8. The van der Waals surface area contributed by atoms with Gasteiger partial charge in [-0.3, -0.25) is 4.79 Å². The van der Waals surface area contributed by atoms with Crippen molar-refractivity contribution in [1.82, 2.24) is 14.5 Å². The van der Waals surface area contributed by atoms with E-state index in [0.29, 0.717) is 29.4 Å². The van der Waals surface area contributed by atoms with Crippen LogP contribution < -0.4 is 25.8 Å². The first-order valence-electron chi connectivity index (χ1n) is 12.4. The predicted octanol–water partition coefficient (Wildman–Crippen LogP) is 3.85. The first-order valence-corrected chi connectivity index (χ1v) is 12.8. The lowest BCUT2D eigenvalue weighted by molar-refractivity contribution is -0.0579. The number of nitrogens with one attached hydrogen (secondary N) is 2. The Bertz CT molecular complexity index is 1460. The Morgan fingerprint density at radius 2 is 2.08 bits per heavy atom. The fraction of sp³-hybridized carbons (Fsp3) is 0.480. The quantitative estimate of drug-likeness (QED) is 0.450. The lowest BCUT2D eigenvalue weighted by atomic mass is 10.0. The summed E-state index contributed by atoms with van der Waals surface area (Å²) in [6, 6.07) is 3.96. The molecule has 2 aromatic heterocycles. The van der Waals surface area contributed by atoms with E-state index in [0.717, 1.165) is 0 Å². The number of aromatic nitrogens is 3. The van der Waals surface area contributed by atoms with Crippen molar-refractivity contribution in [2.45, 2.75) is 43.5 Å². The van der Waals surface area contributed by atoms with Crippen molar-refractivity contribution in [3.63, 3.8) is 0 Å². The van der Waals surface area contributed by atoms with Crippen LogP contribution >= 0.6 is 11.6 Å². The number of β-amino-alcohol motifs (C(OH)–C–C–N with tert-alkyl or cyclic N) is 1. The third kappa shape index (κ3) is 4.49. The standard InChI is InChI=1S/C25H26ClF3N6O3/c1-34-18-5-4-14(31-22-17(26)8-30-24(33-22)35-9-13(27)6-15(36)10-35)7-16(18)19-20(23(34)37)38-11-25(28,29)21(32-19)12-2-3-12/h4-5,7-8,12-13,15,21,32,36H,2-3,6,9-11H2,1H3,(H,30,31,33)/t13-,15-,21?/m1/s1. The van der Waals surface area contributed by atoms with Gasteiger partial charge in [0.05, 0.1) is 36.1 Å². The molecule has 2 aliphatic heterocycles. The van der Waals surface area contributed by atoms with Crippen LogP contribution in [0.2, 0.25) is 5.02 Å². The molecular weight excluding hydrogens is 525 g/mol. The van der Waals surface area contributed by atoms with E-state index in [-0.39, 0.29) is 53.7 Å². The van der Waals surface area contributed by atoms with Crippen LogP contribution in [0, 0.1) is 5.92 Å². The zero-order valence-corrected chi connectivity index (χ0v) is 21.2. The first-order chi connectivity index (χ1) is 18.1. The van der Waals surface area contributed by atoms with Gasteiger partial charge in [0.1, 0.15) is 11.2 Å². The molecule has 0 amide bonds. The number of benzene rings is 1. The molecule has 38 heavy (non-hydrogen) atoms. The molecule has 1 saturated heterocycles. The average molecular weight is 551 g/mol. The summed E-state index contributed by atoms with van der Waals surface area (Å²) in [4.78, 5) is 23.2. The van der Waals surface area contributed by atoms with Crippen LogP contribution in [-0.2, 0) is 7.05 Å². The van der Waals surface area contributed by atoms with Crippen LogP contribution in [0.15, 0.2) is 29.2 Å². The number of aliphatic hydroxyl groups is 1. The molecule has 0 radical (unpaired) electrons. The molecule has 0 bridgehead atoms. The number of aryl methyl sites for hydroxylation is 1. The Kier molecular flexibility index (Phi) is 6.06. The minimum atomic E-state index is -3.14. The summed E-state index contributed by atoms with van der Waals surface area (Å²) in [5, 5.41) is 16.7. The fourth-order valence-corrected chi connectivity index (χ4v) is 5.33. The smallest absolute Gasteiger partial charge is 0.301 e. The largest absolute Gasteiger partial charge is 0.480 e. The fourth-order valence-electron chi connectivity index (χ4n) is 5.20. The Hall–Kier alpha value is -3.25. The number of hydrogen-bond acceptors (Lipinski definition) is 8. The van der Waals surface area contributed by atoms with Gasteiger partial charge in [-0.1, -0.05) is 11.6 Å². The second-order valence-corrected chi connectivity index (χ2v) is 10.6. The van der Waals surface area contributed by atoms with E-state index >= 15 is 0 Å². The van der Waals surface area contributed by atoms with E-state index in [2.05, 4.69) is 20.6 Å². The van der Waals surface area contributed by atoms with Crippen molar-refractivity contribution >= 4 is 45.6 Å². The minimum absolute atomic E-state index is 0.0483. The molecule has 0 spiro atoms. The van der Waals surface area contributed by atoms with Crippen LogP contribution in [0.3, 0.4) is 0 Å².